The molecule has 0 saturated carbocycles. The van der Waals surface area contributed by atoms with Crippen molar-refractivity contribution in [2.45, 2.75) is 11.1 Å². The van der Waals surface area contributed by atoms with E-state index in [0.29, 0.717) is 11.1 Å². The number of hydrogen-bond acceptors (Lipinski definition) is 3. The summed E-state index contributed by atoms with van der Waals surface area (Å²) in [7, 11) is 0. The average molecular weight is 348 g/mol. The van der Waals surface area contributed by atoms with E-state index in [1.807, 2.05) is 0 Å². The first-order valence-electron chi connectivity index (χ1n) is 3.24. The van der Waals surface area contributed by atoms with E-state index < -0.39 is 0 Å². The summed E-state index contributed by atoms with van der Waals surface area (Å²) in [6, 6.07) is 0. The molecule has 1 aliphatic heterocycles. The maximum absolute atomic E-state index is 5.72. The van der Waals surface area contributed by atoms with Gasteiger partial charge in [-0.3, -0.25) is 0 Å². The first kappa shape index (κ1) is 10.4. The van der Waals surface area contributed by atoms with Crippen LogP contribution < -0.4 is 5.32 Å². The topological polar surface area (TPSA) is 21.3 Å². The van der Waals surface area contributed by atoms with Crippen molar-refractivity contribution in [3.8, 4) is 0 Å². The fraction of sp³-hybridized carbons (Fsp3) is 1.00. The Labute approximate surface area is 99.9 Å². The molecule has 0 aromatic rings. The Kier molecular flexibility index (Phi) is 6.17. The van der Waals surface area contributed by atoms with Gasteiger partial charge in [-0.25, -0.2) is 0 Å². The van der Waals surface area contributed by atoms with Crippen molar-refractivity contribution in [3.05, 3.63) is 0 Å². The Hall–Kier alpha value is 2.36. The molecule has 0 amide bonds. The van der Waals surface area contributed by atoms with Gasteiger partial charge in [0.2, 0.25) is 0 Å². The Balaban J connectivity index is 2.25. The Morgan fingerprint density at radius 1 is 1.70 bits per heavy atom. The van der Waals surface area contributed by atoms with Crippen LogP contribution in [0.5, 0.6) is 0 Å². The molecule has 1 aliphatic rings. The number of ether oxygens (including phenoxy) is 1. The van der Waals surface area contributed by atoms with Gasteiger partial charge >= 0.3 is 102 Å². The van der Waals surface area contributed by atoms with E-state index in [9.17, 15) is 0 Å². The van der Waals surface area contributed by atoms with E-state index in [1.54, 1.807) is 0 Å². The van der Waals surface area contributed by atoms with Gasteiger partial charge in [-0.2, -0.15) is 0 Å². The SMILES string of the molecule is SCC1CNCC([Se][Ba])O1. The van der Waals surface area contributed by atoms with Crippen molar-refractivity contribution in [2.24, 2.45) is 0 Å². The monoisotopic (exact) mass is 350 g/mol. The molecule has 55 valence electrons. The van der Waals surface area contributed by atoms with E-state index in [4.69, 9.17) is 4.74 Å². The van der Waals surface area contributed by atoms with E-state index in [1.165, 1.54) is 0 Å². The molecule has 2 unspecified atom stereocenters. The van der Waals surface area contributed by atoms with Crippen LogP contribution >= 0.6 is 12.6 Å². The molecule has 0 aromatic carbocycles. The van der Waals surface area contributed by atoms with Crippen LogP contribution in [0, 0.1) is 0 Å². The molecule has 10 heavy (non-hydrogen) atoms. The van der Waals surface area contributed by atoms with Gasteiger partial charge in [0.15, 0.2) is 0 Å². The number of nitrogens with one attached hydrogen (secondary N) is 1. The van der Waals surface area contributed by atoms with Crippen molar-refractivity contribution in [2.75, 3.05) is 18.8 Å². The molecule has 0 spiro atoms. The molecule has 1 rings (SSSR count). The van der Waals surface area contributed by atoms with Crippen LogP contribution in [0.4, 0.5) is 0 Å². The van der Waals surface area contributed by atoms with E-state index in [2.05, 4.69) is 17.9 Å². The summed E-state index contributed by atoms with van der Waals surface area (Å²) in [5.41, 5.74) is 0. The van der Waals surface area contributed by atoms with Gasteiger partial charge in [0.05, 0.1) is 0 Å². The van der Waals surface area contributed by atoms with Gasteiger partial charge in [0, 0.05) is 0 Å². The number of hydrogen-bond donors (Lipinski definition) is 2. The number of rotatable bonds is 2. The summed E-state index contributed by atoms with van der Waals surface area (Å²) in [6.45, 7) is 2.07. The van der Waals surface area contributed by atoms with Crippen molar-refractivity contribution < 1.29 is 4.74 Å². The quantitative estimate of drug-likeness (QED) is 0.494. The van der Waals surface area contributed by atoms with Crippen LogP contribution in [-0.4, -0.2) is 79.2 Å². The molecule has 5 heteroatoms. The standard InChI is InChI=1S/C5H11NOSSe.Ba/c8-3-4-1-6-2-5(9)7-4;/h4-6,8-9H,1-3H2;/q;+1/p-1. The molecular weight excluding hydrogens is 338 g/mol. The summed E-state index contributed by atoms with van der Waals surface area (Å²) >= 11 is 5.13. The molecule has 1 heterocycles. The van der Waals surface area contributed by atoms with E-state index in [-0.39, 0.29) is 0 Å². The second kappa shape index (κ2) is 5.91. The molecule has 1 radical (unpaired) electrons. The third-order valence-electron chi connectivity index (χ3n) is 1.42. The average Bonchev–Trinajstić information content (AvgIpc) is 2.05. The minimum absolute atomic E-state index is 0.368. The fourth-order valence-electron chi connectivity index (χ4n) is 0.879. The van der Waals surface area contributed by atoms with Gasteiger partial charge in [0.1, 0.15) is 0 Å². The molecule has 1 saturated heterocycles. The van der Waals surface area contributed by atoms with Crippen LogP contribution in [0.15, 0.2) is 0 Å². The zero-order chi connectivity index (χ0) is 7.40. The third kappa shape index (κ3) is 3.39. The first-order valence-corrected chi connectivity index (χ1v) is 15.5. The van der Waals surface area contributed by atoms with Gasteiger partial charge < -0.3 is 0 Å². The van der Waals surface area contributed by atoms with Crippen molar-refractivity contribution in [1.82, 2.24) is 5.32 Å². The summed E-state index contributed by atoms with van der Waals surface area (Å²) < 4.78 is 5.72. The van der Waals surface area contributed by atoms with Gasteiger partial charge in [-0.05, 0) is 0 Å². The first-order chi connectivity index (χ1) is 4.86. The number of morpholine rings is 1. The van der Waals surface area contributed by atoms with Crippen LogP contribution in [0.1, 0.15) is 0 Å². The van der Waals surface area contributed by atoms with Crippen molar-refractivity contribution in [1.29, 1.82) is 0 Å². The normalized spacial score (nSPS) is 34.0. The minimum atomic E-state index is 0.368. The fourth-order valence-corrected chi connectivity index (χ4v) is 5.29. The summed E-state index contributed by atoms with van der Waals surface area (Å²) in [5.74, 6) is 0.855. The maximum atomic E-state index is 5.72. The van der Waals surface area contributed by atoms with Crippen LogP contribution in [0.2, 0.25) is 0 Å². The predicted octanol–water partition coefficient (Wildman–Crippen LogP) is -0.982. The van der Waals surface area contributed by atoms with E-state index >= 15 is 0 Å². The Morgan fingerprint density at radius 3 is 3.10 bits per heavy atom. The zero-order valence-corrected chi connectivity index (χ0v) is 12.8. The summed E-state index contributed by atoms with van der Waals surface area (Å²) in [5, 5.41) is 3.92. The van der Waals surface area contributed by atoms with Gasteiger partial charge in [-0.15, -0.1) is 0 Å². The Morgan fingerprint density at radius 2 is 2.50 bits per heavy atom. The molecule has 1 fully saturated rings. The van der Waals surface area contributed by atoms with Crippen molar-refractivity contribution in [3.63, 3.8) is 0 Å². The second-order valence-electron chi connectivity index (χ2n) is 2.20. The number of thiol groups is 1. The van der Waals surface area contributed by atoms with Crippen LogP contribution in [0.25, 0.3) is 0 Å². The second-order valence-corrected chi connectivity index (χ2v) is 9.80. The van der Waals surface area contributed by atoms with Gasteiger partial charge in [-0.1, -0.05) is 0 Å². The molecule has 2 atom stereocenters. The Bertz CT molecular complexity index is 97.6. The molecule has 0 bridgehead atoms. The van der Waals surface area contributed by atoms with Crippen LogP contribution in [-0.2, 0) is 4.74 Å². The van der Waals surface area contributed by atoms with E-state index in [0.717, 1.165) is 68.1 Å². The molecule has 0 aromatic heterocycles. The zero-order valence-electron chi connectivity index (χ0n) is 5.75. The predicted molar refractivity (Wildman–Crippen MR) is 46.9 cm³/mol. The molecule has 2 nitrogen and oxygen atoms in total. The molecule has 0 aliphatic carbocycles. The third-order valence-corrected chi connectivity index (χ3v) is 9.25. The molecule has 1 N–H and O–H groups in total. The molecular formula is C5H10BaNOSSe. The summed E-state index contributed by atoms with van der Waals surface area (Å²) in [4.78, 5) is 0. The van der Waals surface area contributed by atoms with Crippen LogP contribution in [0.3, 0.4) is 0 Å². The van der Waals surface area contributed by atoms with Gasteiger partial charge in [0.25, 0.3) is 0 Å². The van der Waals surface area contributed by atoms with Crippen molar-refractivity contribution >= 4 is 61.9 Å². The summed E-state index contributed by atoms with van der Waals surface area (Å²) in [6.07, 6.45) is 1.17.